The molecular formula is C19H23N3O4. The van der Waals surface area contributed by atoms with Crippen molar-refractivity contribution in [2.45, 2.75) is 44.7 Å². The maximum Gasteiger partial charge on any atom is 0.337 e. The molecule has 1 fully saturated rings. The van der Waals surface area contributed by atoms with Crippen LogP contribution >= 0.6 is 0 Å². The lowest BCUT2D eigenvalue weighted by Gasteiger charge is -2.31. The van der Waals surface area contributed by atoms with Gasteiger partial charge in [0.25, 0.3) is 5.56 Å². The van der Waals surface area contributed by atoms with E-state index in [1.165, 1.54) is 36.6 Å². The van der Waals surface area contributed by atoms with E-state index in [4.69, 9.17) is 0 Å². The van der Waals surface area contributed by atoms with E-state index in [-0.39, 0.29) is 24.1 Å². The van der Waals surface area contributed by atoms with Gasteiger partial charge in [0, 0.05) is 13.1 Å². The first-order chi connectivity index (χ1) is 12.5. The summed E-state index contributed by atoms with van der Waals surface area (Å²) in [6.07, 6.45) is 6.90. The van der Waals surface area contributed by atoms with Crippen LogP contribution in [0, 0.1) is 0 Å². The number of rotatable bonds is 4. The molecule has 1 amide bonds. The third-order valence-electron chi connectivity index (χ3n) is 5.07. The first-order valence-electron chi connectivity index (χ1n) is 8.84. The van der Waals surface area contributed by atoms with Crippen LogP contribution in [0.1, 0.15) is 42.5 Å². The minimum absolute atomic E-state index is 0.0342. The summed E-state index contributed by atoms with van der Waals surface area (Å²) in [4.78, 5) is 42.8. The summed E-state index contributed by atoms with van der Waals surface area (Å²) in [5, 5.41) is 0.369. The number of nitrogens with zero attached hydrogens (tertiary/aromatic N) is 3. The van der Waals surface area contributed by atoms with E-state index in [2.05, 4.69) is 9.72 Å². The number of carbonyl (C=O) groups is 2. The number of hydrogen-bond donors (Lipinski definition) is 0. The van der Waals surface area contributed by atoms with Crippen LogP contribution in [-0.4, -0.2) is 46.5 Å². The van der Waals surface area contributed by atoms with Gasteiger partial charge in [-0.2, -0.15) is 0 Å². The van der Waals surface area contributed by atoms with E-state index in [1.807, 2.05) is 0 Å². The van der Waals surface area contributed by atoms with Gasteiger partial charge in [-0.25, -0.2) is 9.78 Å². The number of carbonyl (C=O) groups excluding carboxylic acids is 2. The number of amides is 1. The van der Waals surface area contributed by atoms with Crippen molar-refractivity contribution in [1.29, 1.82) is 0 Å². The van der Waals surface area contributed by atoms with Gasteiger partial charge in [-0.15, -0.1) is 0 Å². The number of aromatic nitrogens is 2. The van der Waals surface area contributed by atoms with Gasteiger partial charge in [0.1, 0.15) is 6.54 Å². The van der Waals surface area contributed by atoms with Crippen molar-refractivity contribution < 1.29 is 14.3 Å². The monoisotopic (exact) mass is 357 g/mol. The number of benzene rings is 1. The predicted molar refractivity (Wildman–Crippen MR) is 97.0 cm³/mol. The average Bonchev–Trinajstić information content (AvgIpc) is 2.69. The SMILES string of the molecule is COC(=O)c1ccc2c(=O)n(CC(=O)N(C)C3CCCCC3)cnc2c1. The minimum atomic E-state index is -0.484. The Kier molecular flexibility index (Phi) is 5.35. The van der Waals surface area contributed by atoms with Crippen LogP contribution in [0.2, 0.25) is 0 Å². The highest BCUT2D eigenvalue weighted by Crippen LogP contribution is 2.21. The second-order valence-electron chi connectivity index (χ2n) is 6.70. The number of fused-ring (bicyclic) bond motifs is 1. The number of methoxy groups -OCH3 is 1. The lowest BCUT2D eigenvalue weighted by molar-refractivity contribution is -0.133. The molecule has 7 heteroatoms. The maximum absolute atomic E-state index is 12.6. The molecule has 2 aromatic rings. The Morgan fingerprint density at radius 1 is 1.27 bits per heavy atom. The Morgan fingerprint density at radius 2 is 2.00 bits per heavy atom. The van der Waals surface area contributed by atoms with Crippen molar-refractivity contribution in [3.8, 4) is 0 Å². The van der Waals surface area contributed by atoms with Crippen molar-refractivity contribution in [1.82, 2.24) is 14.5 Å². The Labute approximate surface area is 151 Å². The Morgan fingerprint density at radius 3 is 2.69 bits per heavy atom. The highest BCUT2D eigenvalue weighted by atomic mass is 16.5. The van der Waals surface area contributed by atoms with E-state index >= 15 is 0 Å². The summed E-state index contributed by atoms with van der Waals surface area (Å²) < 4.78 is 6.00. The van der Waals surface area contributed by atoms with E-state index < -0.39 is 5.97 Å². The Balaban J connectivity index is 1.82. The molecule has 0 unspecified atom stereocenters. The molecule has 0 N–H and O–H groups in total. The predicted octanol–water partition coefficient (Wildman–Crippen LogP) is 1.97. The fourth-order valence-corrected chi connectivity index (χ4v) is 3.45. The third-order valence-corrected chi connectivity index (χ3v) is 5.07. The van der Waals surface area contributed by atoms with E-state index in [9.17, 15) is 14.4 Å². The van der Waals surface area contributed by atoms with Crippen LogP contribution in [0.3, 0.4) is 0 Å². The number of hydrogen-bond acceptors (Lipinski definition) is 5. The maximum atomic E-state index is 12.6. The van der Waals surface area contributed by atoms with Gasteiger partial charge in [0.15, 0.2) is 0 Å². The fourth-order valence-electron chi connectivity index (χ4n) is 3.45. The third kappa shape index (κ3) is 3.61. The highest BCUT2D eigenvalue weighted by molar-refractivity contribution is 5.94. The summed E-state index contributed by atoms with van der Waals surface area (Å²) in [5.74, 6) is -0.575. The first kappa shape index (κ1) is 18.1. The molecular weight excluding hydrogens is 334 g/mol. The number of esters is 1. The number of likely N-dealkylation sites (N-methyl/N-ethyl adjacent to an activating group) is 1. The summed E-state index contributed by atoms with van der Waals surface area (Å²) in [5.41, 5.74) is 0.441. The van der Waals surface area contributed by atoms with Gasteiger partial charge >= 0.3 is 5.97 Å². The highest BCUT2D eigenvalue weighted by Gasteiger charge is 2.22. The first-order valence-corrected chi connectivity index (χ1v) is 8.84. The van der Waals surface area contributed by atoms with Crippen molar-refractivity contribution in [3.05, 3.63) is 40.4 Å². The van der Waals surface area contributed by atoms with Crippen molar-refractivity contribution in [2.24, 2.45) is 0 Å². The zero-order chi connectivity index (χ0) is 18.7. The van der Waals surface area contributed by atoms with Crippen molar-refractivity contribution in [3.63, 3.8) is 0 Å². The van der Waals surface area contributed by atoms with Crippen LogP contribution in [-0.2, 0) is 16.1 Å². The van der Waals surface area contributed by atoms with Gasteiger partial charge in [0.05, 0.1) is 29.9 Å². The molecule has 0 radical (unpaired) electrons. The smallest absolute Gasteiger partial charge is 0.337 e. The van der Waals surface area contributed by atoms with E-state index in [1.54, 1.807) is 18.0 Å². The molecule has 1 heterocycles. The van der Waals surface area contributed by atoms with Gasteiger partial charge in [-0.1, -0.05) is 19.3 Å². The summed E-state index contributed by atoms with van der Waals surface area (Å²) in [6.45, 7) is -0.0342. The van der Waals surface area contributed by atoms with Gasteiger partial charge in [0.2, 0.25) is 5.91 Å². The second kappa shape index (κ2) is 7.68. The van der Waals surface area contributed by atoms with Crippen LogP contribution in [0.4, 0.5) is 0 Å². The van der Waals surface area contributed by atoms with E-state index in [0.29, 0.717) is 16.5 Å². The lowest BCUT2D eigenvalue weighted by atomic mass is 9.94. The average molecular weight is 357 g/mol. The van der Waals surface area contributed by atoms with Gasteiger partial charge in [-0.05, 0) is 31.0 Å². The fraction of sp³-hybridized carbons (Fsp3) is 0.474. The molecule has 0 aliphatic heterocycles. The lowest BCUT2D eigenvalue weighted by Crippen LogP contribution is -2.41. The molecule has 138 valence electrons. The summed E-state index contributed by atoms with van der Waals surface area (Å²) in [7, 11) is 3.10. The molecule has 1 saturated carbocycles. The van der Waals surface area contributed by atoms with Crippen molar-refractivity contribution in [2.75, 3.05) is 14.2 Å². The molecule has 3 rings (SSSR count). The molecule has 0 saturated heterocycles. The zero-order valence-corrected chi connectivity index (χ0v) is 15.1. The van der Waals surface area contributed by atoms with Crippen LogP contribution in [0.25, 0.3) is 10.9 Å². The van der Waals surface area contributed by atoms with E-state index in [0.717, 1.165) is 25.7 Å². The molecule has 0 bridgehead atoms. The van der Waals surface area contributed by atoms with Gasteiger partial charge in [-0.3, -0.25) is 14.2 Å². The summed E-state index contributed by atoms with van der Waals surface area (Å²) in [6, 6.07) is 4.84. The van der Waals surface area contributed by atoms with Crippen LogP contribution in [0.5, 0.6) is 0 Å². The molecule has 1 aromatic carbocycles. The van der Waals surface area contributed by atoms with Crippen LogP contribution < -0.4 is 5.56 Å². The molecule has 26 heavy (non-hydrogen) atoms. The quantitative estimate of drug-likeness (QED) is 0.782. The summed E-state index contributed by atoms with van der Waals surface area (Å²) >= 11 is 0. The minimum Gasteiger partial charge on any atom is -0.465 e. The standard InChI is InChI=1S/C19H23N3O4/c1-21(14-6-4-3-5-7-14)17(23)11-22-12-20-16-10-13(19(25)26-2)8-9-15(16)18(22)24/h8-10,12,14H,3-7,11H2,1-2H3. The number of ether oxygens (including phenoxy) is 1. The van der Waals surface area contributed by atoms with Crippen molar-refractivity contribution >= 4 is 22.8 Å². The second-order valence-corrected chi connectivity index (χ2v) is 6.70. The molecule has 0 spiro atoms. The molecule has 1 aliphatic rings. The molecule has 1 aliphatic carbocycles. The topological polar surface area (TPSA) is 81.5 Å². The molecule has 7 nitrogen and oxygen atoms in total. The zero-order valence-electron chi connectivity index (χ0n) is 15.1. The Hall–Kier alpha value is -2.70. The Bertz CT molecular complexity index is 884. The van der Waals surface area contributed by atoms with Gasteiger partial charge < -0.3 is 9.64 Å². The molecule has 0 atom stereocenters. The largest absolute Gasteiger partial charge is 0.465 e. The molecule has 1 aromatic heterocycles. The normalized spacial score (nSPS) is 15.0. The van der Waals surface area contributed by atoms with Crippen LogP contribution in [0.15, 0.2) is 29.3 Å².